The Balaban J connectivity index is 1.64. The first-order chi connectivity index (χ1) is 13.5. The maximum Gasteiger partial charge on any atom is 0.332 e. The fourth-order valence-electron chi connectivity index (χ4n) is 2.36. The minimum atomic E-state index is -0.491. The molecule has 0 aromatic carbocycles. The van der Waals surface area contributed by atoms with Gasteiger partial charge in [0.2, 0.25) is 5.88 Å². The normalized spacial score (nSPS) is 11.1. The van der Waals surface area contributed by atoms with Crippen molar-refractivity contribution in [2.24, 2.45) is 0 Å². The molecule has 8 heteroatoms. The standard InChI is InChI=1S/C20H21N5O3/c1-14(2)28-18-11-16(10-15(3)23-18)20-22-13-25(24-20)9-7-19(26)27-12-17-6-4-5-8-21-17/h4-11,13-14H,12H2,1-3H3/b9-7-. The van der Waals surface area contributed by atoms with Gasteiger partial charge in [-0.2, -0.15) is 0 Å². The molecule has 28 heavy (non-hydrogen) atoms. The van der Waals surface area contributed by atoms with Crippen molar-refractivity contribution in [3.8, 4) is 17.3 Å². The first-order valence-corrected chi connectivity index (χ1v) is 8.81. The summed E-state index contributed by atoms with van der Waals surface area (Å²) in [5, 5.41) is 4.35. The predicted octanol–water partition coefficient (Wildman–Crippen LogP) is 3.04. The van der Waals surface area contributed by atoms with E-state index in [4.69, 9.17) is 9.47 Å². The van der Waals surface area contributed by atoms with Crippen molar-refractivity contribution in [2.45, 2.75) is 33.5 Å². The van der Waals surface area contributed by atoms with Crippen LogP contribution in [0.2, 0.25) is 0 Å². The summed E-state index contributed by atoms with van der Waals surface area (Å²) in [6, 6.07) is 9.08. The van der Waals surface area contributed by atoms with E-state index in [2.05, 4.69) is 20.1 Å². The average Bonchev–Trinajstić information content (AvgIpc) is 3.14. The third kappa shape index (κ3) is 5.47. The van der Waals surface area contributed by atoms with Gasteiger partial charge in [0.1, 0.15) is 12.9 Å². The summed E-state index contributed by atoms with van der Waals surface area (Å²) in [5.41, 5.74) is 2.27. The topological polar surface area (TPSA) is 92.0 Å². The highest BCUT2D eigenvalue weighted by molar-refractivity contribution is 5.84. The van der Waals surface area contributed by atoms with Gasteiger partial charge >= 0.3 is 5.97 Å². The van der Waals surface area contributed by atoms with Crippen molar-refractivity contribution in [1.29, 1.82) is 0 Å². The van der Waals surface area contributed by atoms with Gasteiger partial charge in [0.15, 0.2) is 5.82 Å². The number of carbonyl (C=O) groups excluding carboxylic acids is 1. The van der Waals surface area contributed by atoms with E-state index in [-0.39, 0.29) is 12.7 Å². The molecule has 0 saturated carbocycles. The quantitative estimate of drug-likeness (QED) is 0.460. The molecule has 0 N–H and O–H groups in total. The molecule has 3 heterocycles. The van der Waals surface area contributed by atoms with E-state index in [0.717, 1.165) is 11.3 Å². The maximum absolute atomic E-state index is 11.8. The van der Waals surface area contributed by atoms with Crippen LogP contribution in [0.15, 0.2) is 48.9 Å². The average molecular weight is 379 g/mol. The number of esters is 1. The first-order valence-electron chi connectivity index (χ1n) is 8.81. The molecular weight excluding hydrogens is 358 g/mol. The van der Waals surface area contributed by atoms with Crippen molar-refractivity contribution >= 4 is 12.2 Å². The number of hydrogen-bond donors (Lipinski definition) is 0. The van der Waals surface area contributed by atoms with Crippen molar-refractivity contribution in [3.63, 3.8) is 0 Å². The largest absolute Gasteiger partial charge is 0.475 e. The summed E-state index contributed by atoms with van der Waals surface area (Å²) in [4.78, 5) is 24.5. The van der Waals surface area contributed by atoms with Crippen LogP contribution >= 0.6 is 0 Å². The molecule has 3 aromatic heterocycles. The highest BCUT2D eigenvalue weighted by Crippen LogP contribution is 2.21. The molecule has 0 amide bonds. The van der Waals surface area contributed by atoms with E-state index in [1.165, 1.54) is 23.3 Å². The van der Waals surface area contributed by atoms with Crippen molar-refractivity contribution in [2.75, 3.05) is 0 Å². The molecule has 0 bridgehead atoms. The van der Waals surface area contributed by atoms with Crippen LogP contribution in [-0.2, 0) is 16.1 Å². The lowest BCUT2D eigenvalue weighted by Crippen LogP contribution is -2.07. The first kappa shape index (κ1) is 19.2. The number of rotatable bonds is 7. The molecule has 0 aliphatic heterocycles. The number of aryl methyl sites for hydroxylation is 1. The Morgan fingerprint density at radius 2 is 2.11 bits per heavy atom. The van der Waals surface area contributed by atoms with Crippen molar-refractivity contribution in [3.05, 3.63) is 60.3 Å². The van der Waals surface area contributed by atoms with Crippen LogP contribution in [0.3, 0.4) is 0 Å². The van der Waals surface area contributed by atoms with Gasteiger partial charge in [0, 0.05) is 35.8 Å². The Morgan fingerprint density at radius 3 is 2.86 bits per heavy atom. The summed E-state index contributed by atoms with van der Waals surface area (Å²) in [5.74, 6) is 0.538. The Labute approximate surface area is 162 Å². The summed E-state index contributed by atoms with van der Waals surface area (Å²) < 4.78 is 12.2. The van der Waals surface area contributed by atoms with Crippen molar-refractivity contribution < 1.29 is 14.3 Å². The number of ether oxygens (including phenoxy) is 2. The van der Waals surface area contributed by atoms with Gasteiger partial charge in [-0.3, -0.25) is 4.98 Å². The molecule has 3 aromatic rings. The molecular formula is C20H21N5O3. The number of carbonyl (C=O) groups is 1. The van der Waals surface area contributed by atoms with Crippen LogP contribution < -0.4 is 4.74 Å². The molecule has 0 unspecified atom stereocenters. The van der Waals surface area contributed by atoms with E-state index in [1.807, 2.05) is 32.9 Å². The van der Waals surface area contributed by atoms with Crippen LogP contribution in [0.4, 0.5) is 0 Å². The van der Waals surface area contributed by atoms with Gasteiger partial charge in [-0.05, 0) is 39.0 Å². The molecule has 0 spiro atoms. The lowest BCUT2D eigenvalue weighted by atomic mass is 10.2. The second-order valence-electron chi connectivity index (χ2n) is 6.29. The predicted molar refractivity (Wildman–Crippen MR) is 103 cm³/mol. The minimum Gasteiger partial charge on any atom is -0.475 e. The molecule has 0 atom stereocenters. The third-order valence-corrected chi connectivity index (χ3v) is 3.50. The fraction of sp³-hybridized carbons (Fsp3) is 0.250. The highest BCUT2D eigenvalue weighted by atomic mass is 16.5. The SMILES string of the molecule is Cc1cc(-c2ncn(/C=C\C(=O)OCc3ccccn3)n2)cc(OC(C)C)n1. The molecule has 0 saturated heterocycles. The van der Waals surface area contributed by atoms with E-state index in [9.17, 15) is 4.79 Å². The Morgan fingerprint density at radius 1 is 1.25 bits per heavy atom. The highest BCUT2D eigenvalue weighted by Gasteiger charge is 2.09. The molecule has 0 aliphatic rings. The molecule has 0 fully saturated rings. The number of nitrogens with zero attached hydrogens (tertiary/aromatic N) is 5. The summed E-state index contributed by atoms with van der Waals surface area (Å²) >= 11 is 0. The monoisotopic (exact) mass is 379 g/mol. The molecule has 3 rings (SSSR count). The summed E-state index contributed by atoms with van der Waals surface area (Å²) in [6.07, 6.45) is 5.95. The Kier molecular flexibility index (Phi) is 6.11. The molecule has 0 aliphatic carbocycles. The fourth-order valence-corrected chi connectivity index (χ4v) is 2.36. The number of pyridine rings is 2. The van der Waals surface area contributed by atoms with E-state index < -0.39 is 5.97 Å². The van der Waals surface area contributed by atoms with E-state index in [0.29, 0.717) is 17.4 Å². The zero-order valence-electron chi connectivity index (χ0n) is 15.9. The minimum absolute atomic E-state index is 0.0210. The van der Waals surface area contributed by atoms with Gasteiger partial charge in [0.25, 0.3) is 0 Å². The van der Waals surface area contributed by atoms with Gasteiger partial charge in [-0.25, -0.2) is 19.4 Å². The second kappa shape index (κ2) is 8.90. The second-order valence-corrected chi connectivity index (χ2v) is 6.29. The number of hydrogen-bond acceptors (Lipinski definition) is 7. The lowest BCUT2D eigenvalue weighted by Gasteiger charge is -2.10. The van der Waals surface area contributed by atoms with Gasteiger partial charge < -0.3 is 9.47 Å². The zero-order valence-corrected chi connectivity index (χ0v) is 15.9. The molecule has 144 valence electrons. The maximum atomic E-state index is 11.8. The van der Waals surface area contributed by atoms with Gasteiger partial charge in [-0.15, -0.1) is 5.10 Å². The molecule has 8 nitrogen and oxygen atoms in total. The van der Waals surface area contributed by atoms with E-state index >= 15 is 0 Å². The third-order valence-electron chi connectivity index (χ3n) is 3.50. The van der Waals surface area contributed by atoms with Crippen molar-refractivity contribution in [1.82, 2.24) is 24.7 Å². The Bertz CT molecular complexity index is 967. The summed E-state index contributed by atoms with van der Waals surface area (Å²) in [6.45, 7) is 5.87. The molecule has 0 radical (unpaired) electrons. The Hall–Kier alpha value is -3.55. The smallest absolute Gasteiger partial charge is 0.332 e. The summed E-state index contributed by atoms with van der Waals surface area (Å²) in [7, 11) is 0. The van der Waals surface area contributed by atoms with Crippen LogP contribution in [0, 0.1) is 6.92 Å². The number of aromatic nitrogens is 5. The van der Waals surface area contributed by atoms with Crippen LogP contribution in [0.25, 0.3) is 17.6 Å². The zero-order chi connectivity index (χ0) is 19.9. The van der Waals surface area contributed by atoms with Gasteiger partial charge in [-0.1, -0.05) is 6.07 Å². The lowest BCUT2D eigenvalue weighted by molar-refractivity contribution is -0.139. The van der Waals surface area contributed by atoms with Crippen LogP contribution in [-0.4, -0.2) is 36.8 Å². The van der Waals surface area contributed by atoms with Crippen LogP contribution in [0.1, 0.15) is 25.2 Å². The van der Waals surface area contributed by atoms with Crippen LogP contribution in [0.5, 0.6) is 5.88 Å². The van der Waals surface area contributed by atoms with Gasteiger partial charge in [0.05, 0.1) is 11.8 Å². The van der Waals surface area contributed by atoms with E-state index in [1.54, 1.807) is 24.4 Å².